The van der Waals surface area contributed by atoms with Gasteiger partial charge in [0.25, 0.3) is 5.78 Å². The van der Waals surface area contributed by atoms with Gasteiger partial charge in [-0.2, -0.15) is 0 Å². The first-order valence-electron chi connectivity index (χ1n) is 9.05. The molecule has 4 rings (SSSR count). The van der Waals surface area contributed by atoms with Crippen molar-refractivity contribution < 1.29 is 28.3 Å². The molecule has 152 valence electrons. The molecule has 0 radical (unpaired) electrons. The Bertz CT molecular complexity index is 1170. The van der Waals surface area contributed by atoms with Gasteiger partial charge in [-0.3, -0.25) is 14.5 Å². The molecule has 1 fully saturated rings. The molecule has 1 aliphatic rings. The molecule has 0 saturated carbocycles. The lowest BCUT2D eigenvalue weighted by atomic mass is 9.95. The van der Waals surface area contributed by atoms with Gasteiger partial charge in [0.05, 0.1) is 18.7 Å². The SMILES string of the molecule is COc1ccc(C(O)=C2C(=O)C(=O)N(c3cc(C)on3)[C@@H]2c2ccccc2F)cc1. The number of ether oxygens (including phenoxy) is 1. The van der Waals surface area contributed by atoms with Crippen LogP contribution in [-0.4, -0.2) is 29.1 Å². The van der Waals surface area contributed by atoms with E-state index in [1.54, 1.807) is 37.3 Å². The van der Waals surface area contributed by atoms with Crippen molar-refractivity contribution in [2.75, 3.05) is 12.0 Å². The van der Waals surface area contributed by atoms with Crippen LogP contribution >= 0.6 is 0 Å². The minimum absolute atomic E-state index is 0.0485. The van der Waals surface area contributed by atoms with Gasteiger partial charge in [-0.05, 0) is 37.3 Å². The van der Waals surface area contributed by atoms with Crippen LogP contribution in [0.3, 0.4) is 0 Å². The zero-order chi connectivity index (χ0) is 21.4. The fourth-order valence-electron chi connectivity index (χ4n) is 3.43. The molecule has 0 aliphatic carbocycles. The lowest BCUT2D eigenvalue weighted by molar-refractivity contribution is -0.132. The summed E-state index contributed by atoms with van der Waals surface area (Å²) in [5.41, 5.74) is 0.0924. The number of aryl methyl sites for hydroxylation is 1. The summed E-state index contributed by atoms with van der Waals surface area (Å²) < 4.78 is 24.9. The Hall–Kier alpha value is -3.94. The molecule has 1 atom stereocenters. The van der Waals surface area contributed by atoms with Crippen LogP contribution in [-0.2, 0) is 9.59 Å². The number of aromatic nitrogens is 1. The Kier molecular flexibility index (Phi) is 4.83. The number of carbonyl (C=O) groups excluding carboxylic acids is 2. The number of anilines is 1. The largest absolute Gasteiger partial charge is 0.507 e. The van der Waals surface area contributed by atoms with Gasteiger partial charge >= 0.3 is 5.91 Å². The maximum atomic E-state index is 14.7. The zero-order valence-electron chi connectivity index (χ0n) is 16.1. The third-order valence-corrected chi connectivity index (χ3v) is 4.87. The summed E-state index contributed by atoms with van der Waals surface area (Å²) in [6.07, 6.45) is 0. The summed E-state index contributed by atoms with van der Waals surface area (Å²) in [6, 6.07) is 12.3. The van der Waals surface area contributed by atoms with E-state index in [-0.39, 0.29) is 22.5 Å². The monoisotopic (exact) mass is 408 g/mol. The Morgan fingerprint density at radius 3 is 2.47 bits per heavy atom. The Morgan fingerprint density at radius 2 is 1.87 bits per heavy atom. The molecule has 2 aromatic carbocycles. The predicted octanol–water partition coefficient (Wildman–Crippen LogP) is 3.76. The number of Topliss-reactive ketones (excluding diaryl/α,β-unsaturated/α-hetero) is 1. The Morgan fingerprint density at radius 1 is 1.17 bits per heavy atom. The standard InChI is InChI=1S/C22H17FN2O5/c1-12-11-17(24-30-12)25-19(15-5-3-4-6-16(15)23)18(21(27)22(25)28)20(26)13-7-9-14(29-2)10-8-13/h3-11,19,26H,1-2H3/t19-/m1/s1. The smallest absolute Gasteiger partial charge is 0.301 e. The van der Waals surface area contributed by atoms with Crippen LogP contribution in [0.25, 0.3) is 5.76 Å². The molecule has 0 spiro atoms. The number of hydrogen-bond acceptors (Lipinski definition) is 6. The summed E-state index contributed by atoms with van der Waals surface area (Å²) in [5.74, 6) is -1.92. The molecule has 1 aliphatic heterocycles. The van der Waals surface area contributed by atoms with Crippen molar-refractivity contribution in [1.29, 1.82) is 0 Å². The lowest BCUT2D eigenvalue weighted by Gasteiger charge is -2.23. The molecule has 30 heavy (non-hydrogen) atoms. The molecule has 0 bridgehead atoms. The van der Waals surface area contributed by atoms with E-state index in [0.29, 0.717) is 11.5 Å². The highest BCUT2D eigenvalue weighted by Crippen LogP contribution is 2.42. The average Bonchev–Trinajstić information content (AvgIpc) is 3.29. The van der Waals surface area contributed by atoms with Gasteiger partial charge < -0.3 is 14.4 Å². The van der Waals surface area contributed by atoms with Crippen molar-refractivity contribution >= 4 is 23.3 Å². The van der Waals surface area contributed by atoms with Crippen LogP contribution in [0, 0.1) is 12.7 Å². The highest BCUT2D eigenvalue weighted by atomic mass is 19.1. The van der Waals surface area contributed by atoms with E-state index < -0.39 is 29.3 Å². The number of hydrogen-bond donors (Lipinski definition) is 1. The number of amides is 1. The molecule has 1 N–H and O–H groups in total. The minimum Gasteiger partial charge on any atom is -0.507 e. The predicted molar refractivity (Wildman–Crippen MR) is 105 cm³/mol. The molecule has 8 heteroatoms. The molecular weight excluding hydrogens is 391 g/mol. The highest BCUT2D eigenvalue weighted by Gasteiger charge is 2.48. The van der Waals surface area contributed by atoms with E-state index >= 15 is 0 Å². The van der Waals surface area contributed by atoms with Crippen LogP contribution in [0.1, 0.15) is 22.9 Å². The van der Waals surface area contributed by atoms with E-state index in [4.69, 9.17) is 9.26 Å². The summed E-state index contributed by atoms with van der Waals surface area (Å²) in [6.45, 7) is 1.63. The van der Waals surface area contributed by atoms with E-state index in [9.17, 15) is 19.1 Å². The summed E-state index contributed by atoms with van der Waals surface area (Å²) in [4.78, 5) is 26.8. The number of benzene rings is 2. The van der Waals surface area contributed by atoms with Crippen LogP contribution in [0.15, 0.2) is 64.7 Å². The van der Waals surface area contributed by atoms with E-state index in [2.05, 4.69) is 5.16 Å². The van der Waals surface area contributed by atoms with Gasteiger partial charge in [-0.1, -0.05) is 23.4 Å². The molecule has 0 unspecified atom stereocenters. The zero-order valence-corrected chi connectivity index (χ0v) is 16.1. The van der Waals surface area contributed by atoms with Gasteiger partial charge in [0.15, 0.2) is 5.82 Å². The second kappa shape index (κ2) is 7.47. The second-order valence-electron chi connectivity index (χ2n) is 6.71. The molecule has 7 nitrogen and oxygen atoms in total. The molecular formula is C22H17FN2O5. The maximum Gasteiger partial charge on any atom is 0.301 e. The number of methoxy groups -OCH3 is 1. The molecule has 1 aromatic heterocycles. The van der Waals surface area contributed by atoms with Gasteiger partial charge in [0.2, 0.25) is 0 Å². The summed E-state index contributed by atoms with van der Waals surface area (Å²) in [7, 11) is 1.50. The summed E-state index contributed by atoms with van der Waals surface area (Å²) >= 11 is 0. The number of halogens is 1. The Balaban J connectivity index is 1.94. The molecule has 1 amide bonds. The quantitative estimate of drug-likeness (QED) is 0.401. The van der Waals surface area contributed by atoms with Crippen LogP contribution in [0.4, 0.5) is 10.2 Å². The highest BCUT2D eigenvalue weighted by molar-refractivity contribution is 6.51. The van der Waals surface area contributed by atoms with Crippen molar-refractivity contribution in [1.82, 2.24) is 5.16 Å². The van der Waals surface area contributed by atoms with Gasteiger partial charge in [0.1, 0.15) is 23.1 Å². The van der Waals surface area contributed by atoms with Gasteiger partial charge in [-0.15, -0.1) is 0 Å². The number of nitrogens with zero attached hydrogens (tertiary/aromatic N) is 2. The normalized spacial score (nSPS) is 18.1. The number of aliphatic hydroxyl groups excluding tert-OH is 1. The van der Waals surface area contributed by atoms with Crippen molar-refractivity contribution in [2.45, 2.75) is 13.0 Å². The number of carbonyl (C=O) groups is 2. The molecule has 3 aromatic rings. The molecule has 2 heterocycles. The first-order valence-corrected chi connectivity index (χ1v) is 9.05. The fraction of sp³-hybridized carbons (Fsp3) is 0.136. The average molecular weight is 408 g/mol. The van der Waals surface area contributed by atoms with Crippen molar-refractivity contribution in [2.24, 2.45) is 0 Å². The topological polar surface area (TPSA) is 92.9 Å². The summed E-state index contributed by atoms with van der Waals surface area (Å²) in [5, 5.41) is 14.7. The Labute approximate surface area is 171 Å². The third-order valence-electron chi connectivity index (χ3n) is 4.87. The van der Waals surface area contributed by atoms with E-state index in [1.807, 2.05) is 0 Å². The van der Waals surface area contributed by atoms with Crippen molar-refractivity contribution in [3.63, 3.8) is 0 Å². The fourth-order valence-corrected chi connectivity index (χ4v) is 3.43. The first-order chi connectivity index (χ1) is 14.4. The second-order valence-corrected chi connectivity index (χ2v) is 6.71. The number of rotatable bonds is 4. The van der Waals surface area contributed by atoms with E-state index in [0.717, 1.165) is 4.90 Å². The van der Waals surface area contributed by atoms with E-state index in [1.165, 1.54) is 31.4 Å². The van der Waals surface area contributed by atoms with Gasteiger partial charge in [-0.25, -0.2) is 4.39 Å². The van der Waals surface area contributed by atoms with Crippen LogP contribution in [0.5, 0.6) is 5.75 Å². The first kappa shape index (κ1) is 19.4. The van der Waals surface area contributed by atoms with Gasteiger partial charge in [0, 0.05) is 17.2 Å². The number of ketones is 1. The van der Waals surface area contributed by atoms with Crippen LogP contribution < -0.4 is 9.64 Å². The third kappa shape index (κ3) is 3.12. The maximum absolute atomic E-state index is 14.7. The molecule has 1 saturated heterocycles. The number of aliphatic hydroxyl groups is 1. The van der Waals surface area contributed by atoms with Crippen molar-refractivity contribution in [3.05, 3.63) is 82.9 Å². The van der Waals surface area contributed by atoms with Crippen molar-refractivity contribution in [3.8, 4) is 5.75 Å². The minimum atomic E-state index is -1.21. The van der Waals surface area contributed by atoms with Crippen LogP contribution in [0.2, 0.25) is 0 Å². The lowest BCUT2D eigenvalue weighted by Crippen LogP contribution is -2.30.